The van der Waals surface area contributed by atoms with Crippen LogP contribution in [-0.2, 0) is 0 Å². The minimum absolute atomic E-state index is 0.0543. The molecule has 5 nitrogen and oxygen atoms in total. The third-order valence-electron chi connectivity index (χ3n) is 3.30. The fraction of sp³-hybridized carbons (Fsp3) is 0.200. The number of nitro benzene ring substituents is 1. The quantitative estimate of drug-likeness (QED) is 0.619. The Kier molecular flexibility index (Phi) is 3.25. The number of nitro groups is 1. The van der Waals surface area contributed by atoms with Crippen LogP contribution in [-0.4, -0.2) is 18.1 Å². The number of ether oxygens (including phenoxy) is 1. The van der Waals surface area contributed by atoms with Crippen LogP contribution in [0.25, 0.3) is 0 Å². The van der Waals surface area contributed by atoms with Gasteiger partial charge in [0.05, 0.1) is 23.3 Å². The zero-order valence-corrected chi connectivity index (χ0v) is 10.9. The number of benzene rings is 2. The normalized spacial score (nSPS) is 14.1. The second kappa shape index (κ2) is 5.21. The number of rotatable bonds is 2. The topological polar surface area (TPSA) is 55.6 Å². The van der Waals surface area contributed by atoms with Crippen LogP contribution in [0.2, 0.25) is 0 Å². The molecule has 0 bridgehead atoms. The second-order valence-electron chi connectivity index (χ2n) is 4.60. The summed E-state index contributed by atoms with van der Waals surface area (Å²) in [6.07, 6.45) is 0.872. The molecular formula is C15H14N2O3. The van der Waals surface area contributed by atoms with Gasteiger partial charge in [-0.15, -0.1) is 0 Å². The standard InChI is InChI=1S/C15H14N2O3/c18-17(19)13-7-8-14-15(11-13)20-10-4-9-16(14)12-5-2-1-3-6-12/h1-3,5-8,11H,4,9-10H2. The summed E-state index contributed by atoms with van der Waals surface area (Å²) in [4.78, 5) is 12.6. The van der Waals surface area contributed by atoms with Crippen molar-refractivity contribution in [2.24, 2.45) is 0 Å². The molecule has 3 rings (SSSR count). The van der Waals surface area contributed by atoms with Gasteiger partial charge in [0.15, 0.2) is 0 Å². The smallest absolute Gasteiger partial charge is 0.273 e. The highest BCUT2D eigenvalue weighted by atomic mass is 16.6. The summed E-state index contributed by atoms with van der Waals surface area (Å²) in [5.41, 5.74) is 1.99. The molecule has 20 heavy (non-hydrogen) atoms. The maximum Gasteiger partial charge on any atom is 0.273 e. The predicted molar refractivity (Wildman–Crippen MR) is 76.7 cm³/mol. The van der Waals surface area contributed by atoms with Gasteiger partial charge in [0.1, 0.15) is 5.75 Å². The molecule has 0 fully saturated rings. The minimum Gasteiger partial charge on any atom is -0.491 e. The molecule has 0 amide bonds. The molecule has 0 saturated heterocycles. The zero-order valence-electron chi connectivity index (χ0n) is 10.9. The number of anilines is 2. The molecule has 1 aliphatic heterocycles. The van der Waals surface area contributed by atoms with E-state index in [1.165, 1.54) is 12.1 Å². The average molecular weight is 270 g/mol. The maximum atomic E-state index is 10.9. The summed E-state index contributed by atoms with van der Waals surface area (Å²) in [6.45, 7) is 1.40. The first-order chi connectivity index (χ1) is 9.75. The molecule has 0 aliphatic carbocycles. The van der Waals surface area contributed by atoms with Crippen LogP contribution in [0.3, 0.4) is 0 Å². The Bertz CT molecular complexity index is 628. The average Bonchev–Trinajstić information content (AvgIpc) is 2.69. The van der Waals surface area contributed by atoms with Gasteiger partial charge >= 0.3 is 0 Å². The van der Waals surface area contributed by atoms with Crippen molar-refractivity contribution in [3.8, 4) is 5.75 Å². The fourth-order valence-electron chi connectivity index (χ4n) is 2.36. The van der Waals surface area contributed by atoms with E-state index >= 15 is 0 Å². The molecule has 0 aromatic heterocycles. The Morgan fingerprint density at radius 1 is 1.15 bits per heavy atom. The van der Waals surface area contributed by atoms with Crippen LogP contribution in [0.5, 0.6) is 5.75 Å². The molecule has 0 saturated carbocycles. The Morgan fingerprint density at radius 2 is 1.95 bits per heavy atom. The minimum atomic E-state index is -0.401. The highest BCUT2D eigenvalue weighted by Gasteiger charge is 2.20. The Balaban J connectivity index is 2.06. The van der Waals surface area contributed by atoms with E-state index in [2.05, 4.69) is 4.90 Å². The van der Waals surface area contributed by atoms with Gasteiger partial charge in [-0.3, -0.25) is 10.1 Å². The second-order valence-corrected chi connectivity index (χ2v) is 4.60. The van der Waals surface area contributed by atoms with Gasteiger partial charge in [-0.1, -0.05) is 18.2 Å². The third kappa shape index (κ3) is 2.30. The lowest BCUT2D eigenvalue weighted by Gasteiger charge is -2.23. The first-order valence-corrected chi connectivity index (χ1v) is 6.49. The molecule has 1 heterocycles. The lowest BCUT2D eigenvalue weighted by Crippen LogP contribution is -2.17. The van der Waals surface area contributed by atoms with E-state index in [1.54, 1.807) is 6.07 Å². The third-order valence-corrected chi connectivity index (χ3v) is 3.30. The van der Waals surface area contributed by atoms with Crippen LogP contribution in [0.4, 0.5) is 17.1 Å². The summed E-state index contributed by atoms with van der Waals surface area (Å²) < 4.78 is 5.64. The molecule has 5 heteroatoms. The summed E-state index contributed by atoms with van der Waals surface area (Å²) in [6, 6.07) is 14.7. The van der Waals surface area contributed by atoms with Crippen LogP contribution in [0, 0.1) is 10.1 Å². The van der Waals surface area contributed by atoms with Crippen molar-refractivity contribution in [2.75, 3.05) is 18.1 Å². The van der Waals surface area contributed by atoms with Gasteiger partial charge < -0.3 is 9.64 Å². The van der Waals surface area contributed by atoms with Gasteiger partial charge in [0.25, 0.3) is 5.69 Å². The first kappa shape index (κ1) is 12.5. The summed E-state index contributed by atoms with van der Waals surface area (Å²) >= 11 is 0. The number of para-hydroxylation sites is 1. The highest BCUT2D eigenvalue weighted by molar-refractivity contribution is 5.71. The summed E-state index contributed by atoms with van der Waals surface area (Å²) in [5, 5.41) is 10.9. The Hall–Kier alpha value is -2.56. The number of nitrogens with zero attached hydrogens (tertiary/aromatic N) is 2. The molecule has 2 aromatic rings. The van der Waals surface area contributed by atoms with Crippen molar-refractivity contribution in [1.82, 2.24) is 0 Å². The van der Waals surface area contributed by atoms with E-state index in [9.17, 15) is 10.1 Å². The van der Waals surface area contributed by atoms with E-state index in [1.807, 2.05) is 30.3 Å². The van der Waals surface area contributed by atoms with E-state index < -0.39 is 4.92 Å². The molecule has 0 N–H and O–H groups in total. The van der Waals surface area contributed by atoms with Crippen LogP contribution < -0.4 is 9.64 Å². The molecule has 102 valence electrons. The van der Waals surface area contributed by atoms with Gasteiger partial charge in [-0.05, 0) is 24.6 Å². The molecule has 0 unspecified atom stereocenters. The number of non-ortho nitro benzene ring substituents is 1. The molecular weight excluding hydrogens is 256 g/mol. The Labute approximate surface area is 116 Å². The fourth-order valence-corrected chi connectivity index (χ4v) is 2.36. The summed E-state index contributed by atoms with van der Waals surface area (Å²) in [7, 11) is 0. The largest absolute Gasteiger partial charge is 0.491 e. The van der Waals surface area contributed by atoms with Gasteiger partial charge in [-0.2, -0.15) is 0 Å². The molecule has 0 spiro atoms. The van der Waals surface area contributed by atoms with E-state index in [-0.39, 0.29) is 5.69 Å². The van der Waals surface area contributed by atoms with Gasteiger partial charge in [-0.25, -0.2) is 0 Å². The predicted octanol–water partition coefficient (Wildman–Crippen LogP) is 3.52. The van der Waals surface area contributed by atoms with Gasteiger partial charge in [0, 0.05) is 18.3 Å². The van der Waals surface area contributed by atoms with Gasteiger partial charge in [0.2, 0.25) is 0 Å². The van der Waals surface area contributed by atoms with Crippen LogP contribution in [0.1, 0.15) is 6.42 Å². The van der Waals surface area contributed by atoms with Crippen molar-refractivity contribution in [1.29, 1.82) is 0 Å². The number of hydrogen-bond donors (Lipinski definition) is 0. The van der Waals surface area contributed by atoms with Crippen LogP contribution >= 0.6 is 0 Å². The molecule has 0 radical (unpaired) electrons. The molecule has 0 atom stereocenters. The lowest BCUT2D eigenvalue weighted by molar-refractivity contribution is -0.384. The van der Waals surface area contributed by atoms with E-state index in [0.29, 0.717) is 12.4 Å². The van der Waals surface area contributed by atoms with Crippen molar-refractivity contribution in [2.45, 2.75) is 6.42 Å². The van der Waals surface area contributed by atoms with E-state index in [0.717, 1.165) is 24.3 Å². The maximum absolute atomic E-state index is 10.9. The monoisotopic (exact) mass is 270 g/mol. The van der Waals surface area contributed by atoms with Crippen molar-refractivity contribution < 1.29 is 9.66 Å². The van der Waals surface area contributed by atoms with Crippen molar-refractivity contribution in [3.05, 3.63) is 58.6 Å². The van der Waals surface area contributed by atoms with Crippen LogP contribution in [0.15, 0.2) is 48.5 Å². The lowest BCUT2D eigenvalue weighted by atomic mass is 10.2. The zero-order chi connectivity index (χ0) is 13.9. The van der Waals surface area contributed by atoms with Crippen molar-refractivity contribution in [3.63, 3.8) is 0 Å². The summed E-state index contributed by atoms with van der Waals surface area (Å²) in [5.74, 6) is 0.570. The highest BCUT2D eigenvalue weighted by Crippen LogP contribution is 2.38. The van der Waals surface area contributed by atoms with Crippen molar-refractivity contribution >= 4 is 17.1 Å². The van der Waals surface area contributed by atoms with E-state index in [4.69, 9.17) is 4.74 Å². The molecule has 2 aromatic carbocycles. The first-order valence-electron chi connectivity index (χ1n) is 6.49. The number of fused-ring (bicyclic) bond motifs is 1. The SMILES string of the molecule is O=[N+]([O-])c1ccc2c(c1)OCCCN2c1ccccc1. The number of hydrogen-bond acceptors (Lipinski definition) is 4. The molecule has 1 aliphatic rings. The Morgan fingerprint density at radius 3 is 2.70 bits per heavy atom.